The molecule has 3 rings (SSSR count). The fraction of sp³-hybridized carbons (Fsp3) is 0. The fourth-order valence-corrected chi connectivity index (χ4v) is 4.53. The molecule has 2 aromatic heterocycles. The molecule has 3 aromatic rings. The van der Waals surface area contributed by atoms with Crippen molar-refractivity contribution in [3.05, 3.63) is 47.6 Å². The molecule has 9 heteroatoms. The first-order valence-electron chi connectivity index (χ1n) is 5.70. The molecule has 108 valence electrons. The van der Waals surface area contributed by atoms with E-state index in [1.54, 1.807) is 23.6 Å². The van der Waals surface area contributed by atoms with E-state index in [2.05, 4.69) is 14.9 Å². The summed E-state index contributed by atoms with van der Waals surface area (Å²) in [5, 5.41) is 10.1. The maximum absolute atomic E-state index is 12.9. The first-order chi connectivity index (χ1) is 10.0. The number of halogens is 1. The summed E-state index contributed by atoms with van der Waals surface area (Å²) in [6, 6.07) is 8.91. The van der Waals surface area contributed by atoms with Crippen LogP contribution in [0, 0.1) is 5.82 Å². The highest BCUT2D eigenvalue weighted by Crippen LogP contribution is 2.28. The number of rotatable bonds is 4. The molecule has 0 saturated heterocycles. The number of aromatic nitrogens is 2. The van der Waals surface area contributed by atoms with Gasteiger partial charge in [-0.25, -0.2) is 12.8 Å². The summed E-state index contributed by atoms with van der Waals surface area (Å²) in [4.78, 5) is 0. The van der Waals surface area contributed by atoms with Gasteiger partial charge in [0.1, 0.15) is 15.0 Å². The summed E-state index contributed by atoms with van der Waals surface area (Å²) < 4.78 is 39.5. The van der Waals surface area contributed by atoms with Gasteiger partial charge in [0, 0.05) is 5.56 Å². The van der Waals surface area contributed by atoms with Crippen LogP contribution in [0.25, 0.3) is 10.6 Å². The minimum atomic E-state index is -3.63. The zero-order valence-electron chi connectivity index (χ0n) is 10.4. The van der Waals surface area contributed by atoms with Crippen LogP contribution in [0.3, 0.4) is 0 Å². The molecule has 0 spiro atoms. The van der Waals surface area contributed by atoms with E-state index in [0.717, 1.165) is 22.7 Å². The van der Waals surface area contributed by atoms with E-state index in [9.17, 15) is 12.8 Å². The van der Waals surface area contributed by atoms with Gasteiger partial charge in [0.15, 0.2) is 0 Å². The van der Waals surface area contributed by atoms with Gasteiger partial charge >= 0.3 is 0 Å². The average molecular weight is 341 g/mol. The number of hydrogen-bond donors (Lipinski definition) is 1. The summed E-state index contributed by atoms with van der Waals surface area (Å²) in [7, 11) is -3.63. The monoisotopic (exact) mass is 341 g/mol. The normalized spacial score (nSPS) is 11.5. The topological polar surface area (TPSA) is 72.0 Å². The minimum Gasteiger partial charge on any atom is -0.252 e. The summed E-state index contributed by atoms with van der Waals surface area (Å²) in [5.41, 5.74) is 0.676. The standard InChI is InChI=1S/C12H8FN3O2S3/c13-9-5-3-8(4-6-9)11-14-15-12(20-11)16-21(17,18)10-2-1-7-19-10/h1-7H,(H,15,16). The van der Waals surface area contributed by atoms with Gasteiger partial charge < -0.3 is 0 Å². The largest absolute Gasteiger partial charge is 0.273 e. The molecule has 0 aliphatic rings. The molecule has 0 bridgehead atoms. The van der Waals surface area contributed by atoms with E-state index < -0.39 is 10.0 Å². The van der Waals surface area contributed by atoms with Crippen LogP contribution in [0.1, 0.15) is 0 Å². The summed E-state index contributed by atoms with van der Waals surface area (Å²) in [5.74, 6) is -0.345. The van der Waals surface area contributed by atoms with Crippen LogP contribution >= 0.6 is 22.7 Å². The Kier molecular flexibility index (Phi) is 3.70. The Labute approximate surface area is 128 Å². The Morgan fingerprint density at radius 3 is 2.52 bits per heavy atom. The second-order valence-electron chi connectivity index (χ2n) is 3.96. The number of benzene rings is 1. The first-order valence-corrected chi connectivity index (χ1v) is 8.88. The molecule has 0 fully saturated rings. The Morgan fingerprint density at radius 2 is 1.86 bits per heavy atom. The van der Waals surface area contributed by atoms with Gasteiger partial charge in [-0.15, -0.1) is 21.5 Å². The van der Waals surface area contributed by atoms with Crippen molar-refractivity contribution in [2.45, 2.75) is 4.21 Å². The first kappa shape index (κ1) is 14.1. The molecule has 2 heterocycles. The van der Waals surface area contributed by atoms with Gasteiger partial charge in [-0.3, -0.25) is 4.72 Å². The summed E-state index contributed by atoms with van der Waals surface area (Å²) >= 11 is 2.20. The van der Waals surface area contributed by atoms with Crippen molar-refractivity contribution in [2.75, 3.05) is 4.72 Å². The van der Waals surface area contributed by atoms with Gasteiger partial charge in [-0.05, 0) is 35.7 Å². The predicted molar refractivity (Wildman–Crippen MR) is 80.4 cm³/mol. The lowest BCUT2D eigenvalue weighted by Crippen LogP contribution is -2.11. The zero-order chi connectivity index (χ0) is 14.9. The van der Waals surface area contributed by atoms with E-state index in [0.29, 0.717) is 10.6 Å². The average Bonchev–Trinajstić information content (AvgIpc) is 3.10. The number of anilines is 1. The maximum atomic E-state index is 12.9. The van der Waals surface area contributed by atoms with E-state index in [4.69, 9.17) is 0 Å². The highest BCUT2D eigenvalue weighted by atomic mass is 32.2. The Hall–Kier alpha value is -1.84. The highest BCUT2D eigenvalue weighted by Gasteiger charge is 2.18. The highest BCUT2D eigenvalue weighted by molar-refractivity contribution is 7.94. The number of nitrogens with zero attached hydrogens (tertiary/aromatic N) is 2. The third-order valence-electron chi connectivity index (χ3n) is 2.50. The summed E-state index contributed by atoms with van der Waals surface area (Å²) in [6.45, 7) is 0. The quantitative estimate of drug-likeness (QED) is 0.791. The third kappa shape index (κ3) is 3.09. The van der Waals surface area contributed by atoms with Crippen LogP contribution in [0.2, 0.25) is 0 Å². The zero-order valence-corrected chi connectivity index (χ0v) is 12.8. The van der Waals surface area contributed by atoms with Crippen LogP contribution in [0.5, 0.6) is 0 Å². The Balaban J connectivity index is 1.84. The molecule has 0 atom stereocenters. The van der Waals surface area contributed by atoms with Gasteiger partial charge in [0.25, 0.3) is 10.0 Å². The third-order valence-corrected chi connectivity index (χ3v) is 6.25. The lowest BCUT2D eigenvalue weighted by molar-refractivity contribution is 0.603. The molecular weight excluding hydrogens is 333 g/mol. The van der Waals surface area contributed by atoms with Crippen LogP contribution in [-0.2, 0) is 10.0 Å². The number of nitrogens with one attached hydrogen (secondary N) is 1. The van der Waals surface area contributed by atoms with E-state index in [1.165, 1.54) is 18.2 Å². The number of thiophene rings is 1. The van der Waals surface area contributed by atoms with E-state index in [1.807, 2.05) is 0 Å². The van der Waals surface area contributed by atoms with Gasteiger partial charge in [0.05, 0.1) is 0 Å². The van der Waals surface area contributed by atoms with Crippen molar-refractivity contribution in [3.8, 4) is 10.6 Å². The lowest BCUT2D eigenvalue weighted by Gasteiger charge is -2.00. The molecule has 0 amide bonds. The van der Waals surface area contributed by atoms with Crippen molar-refractivity contribution in [1.29, 1.82) is 0 Å². The number of hydrogen-bond acceptors (Lipinski definition) is 6. The molecule has 1 aromatic carbocycles. The lowest BCUT2D eigenvalue weighted by atomic mass is 10.2. The molecular formula is C12H8FN3O2S3. The molecule has 0 saturated carbocycles. The van der Waals surface area contributed by atoms with Crippen molar-refractivity contribution in [1.82, 2.24) is 10.2 Å². The van der Waals surface area contributed by atoms with Gasteiger partial charge in [-0.2, -0.15) is 0 Å². The number of sulfonamides is 1. The summed E-state index contributed by atoms with van der Waals surface area (Å²) in [6.07, 6.45) is 0. The van der Waals surface area contributed by atoms with E-state index >= 15 is 0 Å². The predicted octanol–water partition coefficient (Wildman–Crippen LogP) is 3.21. The molecule has 21 heavy (non-hydrogen) atoms. The molecule has 5 nitrogen and oxygen atoms in total. The van der Waals surface area contributed by atoms with Crippen molar-refractivity contribution >= 4 is 37.8 Å². The van der Waals surface area contributed by atoms with Crippen molar-refractivity contribution in [2.24, 2.45) is 0 Å². The SMILES string of the molecule is O=S(=O)(Nc1nnc(-c2ccc(F)cc2)s1)c1cccs1. The molecule has 0 unspecified atom stereocenters. The molecule has 0 aliphatic heterocycles. The van der Waals surface area contributed by atoms with Crippen molar-refractivity contribution < 1.29 is 12.8 Å². The second-order valence-corrected chi connectivity index (χ2v) is 7.79. The van der Waals surface area contributed by atoms with Crippen molar-refractivity contribution in [3.63, 3.8) is 0 Å². The Bertz CT molecular complexity index is 842. The van der Waals surface area contributed by atoms with Crippen LogP contribution in [0.4, 0.5) is 9.52 Å². The van der Waals surface area contributed by atoms with Crippen LogP contribution < -0.4 is 4.72 Å². The van der Waals surface area contributed by atoms with Gasteiger partial charge in [0.2, 0.25) is 5.13 Å². The maximum Gasteiger partial charge on any atom is 0.273 e. The van der Waals surface area contributed by atoms with E-state index in [-0.39, 0.29) is 15.2 Å². The van der Waals surface area contributed by atoms with Crippen LogP contribution in [0.15, 0.2) is 46.0 Å². The fourth-order valence-electron chi connectivity index (χ4n) is 1.56. The van der Waals surface area contributed by atoms with Crippen LogP contribution in [-0.4, -0.2) is 18.6 Å². The Morgan fingerprint density at radius 1 is 1.10 bits per heavy atom. The molecule has 0 radical (unpaired) electrons. The smallest absolute Gasteiger partial charge is 0.252 e. The molecule has 0 aliphatic carbocycles. The molecule has 1 N–H and O–H groups in total. The van der Waals surface area contributed by atoms with Gasteiger partial charge in [-0.1, -0.05) is 17.4 Å². The minimum absolute atomic E-state index is 0.169. The second kappa shape index (κ2) is 5.51.